The van der Waals surface area contributed by atoms with Crippen LogP contribution in [0.25, 0.3) is 11.3 Å². The van der Waals surface area contributed by atoms with Crippen LogP contribution in [0, 0.1) is 13.8 Å². The van der Waals surface area contributed by atoms with E-state index in [-0.39, 0.29) is 23.7 Å². The number of alkyl halides is 3. The number of nitrogens with one attached hydrogen (secondary N) is 1. The molecule has 3 aromatic rings. The van der Waals surface area contributed by atoms with Crippen LogP contribution in [-0.2, 0) is 11.0 Å². The molecule has 3 rings (SSSR count). The van der Waals surface area contributed by atoms with Gasteiger partial charge in [-0.1, -0.05) is 23.7 Å². The standard InChI is InChI=1S/C22H18ClF3N2O3/c1-13-8-18(9-14(2)21(13)23)30-12-20(29)28-27-11-17-6-7-19(31-17)15-4-3-5-16(10-15)22(24,25)26/h3-11H,12H2,1-2H3,(H,28,29). The lowest BCUT2D eigenvalue weighted by atomic mass is 10.1. The molecule has 0 aliphatic rings. The Morgan fingerprint density at radius 2 is 1.87 bits per heavy atom. The normalized spacial score (nSPS) is 11.7. The van der Waals surface area contributed by atoms with Crippen molar-refractivity contribution in [2.24, 2.45) is 5.10 Å². The predicted octanol–water partition coefficient (Wildman–Crippen LogP) is 5.76. The molecule has 0 aliphatic heterocycles. The Morgan fingerprint density at radius 3 is 2.55 bits per heavy atom. The number of rotatable bonds is 6. The minimum atomic E-state index is -4.44. The molecular formula is C22H18ClF3N2O3. The van der Waals surface area contributed by atoms with E-state index in [0.29, 0.717) is 10.8 Å². The van der Waals surface area contributed by atoms with Gasteiger partial charge in [0.25, 0.3) is 5.91 Å². The topological polar surface area (TPSA) is 63.8 Å². The zero-order valence-corrected chi connectivity index (χ0v) is 17.3. The van der Waals surface area contributed by atoms with E-state index in [1.165, 1.54) is 30.5 Å². The fourth-order valence-electron chi connectivity index (χ4n) is 2.76. The van der Waals surface area contributed by atoms with E-state index in [1.54, 1.807) is 12.1 Å². The van der Waals surface area contributed by atoms with E-state index in [9.17, 15) is 18.0 Å². The van der Waals surface area contributed by atoms with Crippen molar-refractivity contribution in [2.45, 2.75) is 20.0 Å². The SMILES string of the molecule is Cc1cc(OCC(=O)NN=Cc2ccc(-c3cccc(C(F)(F)F)c3)o2)cc(C)c1Cl. The largest absolute Gasteiger partial charge is 0.484 e. The van der Waals surface area contributed by atoms with Gasteiger partial charge in [-0.15, -0.1) is 0 Å². The quantitative estimate of drug-likeness (QED) is 0.383. The third kappa shape index (κ3) is 5.88. The Bertz CT molecular complexity index is 1100. The van der Waals surface area contributed by atoms with Crippen molar-refractivity contribution in [1.82, 2.24) is 5.43 Å². The predicted molar refractivity (Wildman–Crippen MR) is 111 cm³/mol. The molecule has 2 aromatic carbocycles. The van der Waals surface area contributed by atoms with Crippen LogP contribution in [0.5, 0.6) is 5.75 Å². The molecule has 1 amide bonds. The number of hydrogen-bond donors (Lipinski definition) is 1. The Hall–Kier alpha value is -3.26. The van der Waals surface area contributed by atoms with Crippen LogP contribution in [0.1, 0.15) is 22.5 Å². The molecule has 0 bridgehead atoms. The number of nitrogens with zero attached hydrogens (tertiary/aromatic N) is 1. The van der Waals surface area contributed by atoms with E-state index >= 15 is 0 Å². The summed E-state index contributed by atoms with van der Waals surface area (Å²) in [7, 11) is 0. The lowest BCUT2D eigenvalue weighted by molar-refractivity contribution is -0.137. The smallest absolute Gasteiger partial charge is 0.416 e. The first-order chi connectivity index (χ1) is 14.6. The zero-order valence-electron chi connectivity index (χ0n) is 16.6. The monoisotopic (exact) mass is 450 g/mol. The van der Waals surface area contributed by atoms with Gasteiger partial charge in [0, 0.05) is 10.6 Å². The minimum Gasteiger partial charge on any atom is -0.484 e. The average Bonchev–Trinajstić information content (AvgIpc) is 3.19. The van der Waals surface area contributed by atoms with Crippen LogP contribution in [-0.4, -0.2) is 18.7 Å². The molecule has 0 saturated heterocycles. The highest BCUT2D eigenvalue weighted by molar-refractivity contribution is 6.32. The number of ether oxygens (including phenoxy) is 1. The number of amides is 1. The third-order valence-corrected chi connectivity index (χ3v) is 4.86. The van der Waals surface area contributed by atoms with Crippen molar-refractivity contribution in [3.05, 3.63) is 76.0 Å². The van der Waals surface area contributed by atoms with Gasteiger partial charge in [0.05, 0.1) is 11.8 Å². The maximum Gasteiger partial charge on any atom is 0.416 e. The van der Waals surface area contributed by atoms with Crippen LogP contribution in [0.2, 0.25) is 5.02 Å². The van der Waals surface area contributed by atoms with E-state index in [0.717, 1.165) is 23.3 Å². The van der Waals surface area contributed by atoms with E-state index in [1.807, 2.05) is 13.8 Å². The Balaban J connectivity index is 1.56. The molecule has 0 saturated carbocycles. The lowest BCUT2D eigenvalue weighted by Gasteiger charge is -2.09. The number of benzene rings is 2. The highest BCUT2D eigenvalue weighted by Gasteiger charge is 2.30. The molecular weight excluding hydrogens is 433 g/mol. The van der Waals surface area contributed by atoms with Crippen LogP contribution >= 0.6 is 11.6 Å². The van der Waals surface area contributed by atoms with Crippen LogP contribution in [0.3, 0.4) is 0 Å². The fourth-order valence-corrected chi connectivity index (χ4v) is 2.87. The Morgan fingerprint density at radius 1 is 1.16 bits per heavy atom. The maximum atomic E-state index is 12.9. The molecule has 0 unspecified atom stereocenters. The summed E-state index contributed by atoms with van der Waals surface area (Å²) in [5.41, 5.74) is 3.48. The number of hydrazone groups is 1. The summed E-state index contributed by atoms with van der Waals surface area (Å²) in [6, 6.07) is 11.3. The molecule has 31 heavy (non-hydrogen) atoms. The second-order valence-corrected chi connectivity index (χ2v) is 7.11. The molecule has 0 atom stereocenters. The van der Waals surface area contributed by atoms with E-state index in [4.69, 9.17) is 20.8 Å². The summed E-state index contributed by atoms with van der Waals surface area (Å²) >= 11 is 6.09. The summed E-state index contributed by atoms with van der Waals surface area (Å²) in [5.74, 6) is 0.523. The van der Waals surface area contributed by atoms with Gasteiger partial charge in [-0.25, -0.2) is 5.43 Å². The van der Waals surface area contributed by atoms with Gasteiger partial charge in [0.15, 0.2) is 6.61 Å². The van der Waals surface area contributed by atoms with Gasteiger partial charge in [-0.3, -0.25) is 4.79 Å². The fraction of sp³-hybridized carbons (Fsp3) is 0.182. The van der Waals surface area contributed by atoms with Gasteiger partial charge >= 0.3 is 6.18 Å². The maximum absolute atomic E-state index is 12.9. The number of aryl methyl sites for hydroxylation is 2. The second kappa shape index (κ2) is 9.26. The molecule has 0 spiro atoms. The van der Waals surface area contributed by atoms with Crippen molar-refractivity contribution in [1.29, 1.82) is 0 Å². The van der Waals surface area contributed by atoms with Gasteiger partial charge < -0.3 is 9.15 Å². The van der Waals surface area contributed by atoms with E-state index < -0.39 is 17.6 Å². The molecule has 9 heteroatoms. The molecule has 0 radical (unpaired) electrons. The van der Waals surface area contributed by atoms with Gasteiger partial charge in [-0.2, -0.15) is 18.3 Å². The number of hydrogen-bond acceptors (Lipinski definition) is 4. The van der Waals surface area contributed by atoms with Crippen molar-refractivity contribution in [3.63, 3.8) is 0 Å². The number of furan rings is 1. The highest BCUT2D eigenvalue weighted by atomic mass is 35.5. The molecule has 0 fully saturated rings. The summed E-state index contributed by atoms with van der Waals surface area (Å²) < 4.78 is 49.5. The first kappa shape index (κ1) is 22.4. The number of halogens is 4. The number of carbonyl (C=O) groups excluding carboxylic acids is 1. The van der Waals surface area contributed by atoms with E-state index in [2.05, 4.69) is 10.5 Å². The molecule has 5 nitrogen and oxygen atoms in total. The van der Waals surface area contributed by atoms with Gasteiger partial charge in [-0.05, 0) is 61.4 Å². The lowest BCUT2D eigenvalue weighted by Crippen LogP contribution is -2.24. The summed E-state index contributed by atoms with van der Waals surface area (Å²) in [4.78, 5) is 11.9. The van der Waals surface area contributed by atoms with Crippen LogP contribution < -0.4 is 10.2 Å². The second-order valence-electron chi connectivity index (χ2n) is 6.73. The summed E-state index contributed by atoms with van der Waals surface area (Å²) in [5, 5.41) is 4.41. The Kier molecular flexibility index (Phi) is 6.70. The minimum absolute atomic E-state index is 0.246. The number of carbonyl (C=O) groups is 1. The third-order valence-electron chi connectivity index (χ3n) is 4.26. The van der Waals surface area contributed by atoms with Gasteiger partial charge in [0.1, 0.15) is 17.3 Å². The molecule has 162 valence electrons. The Labute approximate surface area is 181 Å². The van der Waals surface area contributed by atoms with Crippen molar-refractivity contribution in [2.75, 3.05) is 6.61 Å². The molecule has 1 aromatic heterocycles. The first-order valence-electron chi connectivity index (χ1n) is 9.12. The average molecular weight is 451 g/mol. The van der Waals surface area contributed by atoms with Crippen molar-refractivity contribution >= 4 is 23.7 Å². The molecule has 1 heterocycles. The zero-order chi connectivity index (χ0) is 22.6. The molecule has 1 N–H and O–H groups in total. The summed E-state index contributed by atoms with van der Waals surface area (Å²) in [6.45, 7) is 3.42. The van der Waals surface area contributed by atoms with Crippen LogP contribution in [0.4, 0.5) is 13.2 Å². The van der Waals surface area contributed by atoms with Crippen LogP contribution in [0.15, 0.2) is 58.0 Å². The summed E-state index contributed by atoms with van der Waals surface area (Å²) in [6.07, 6.45) is -3.20. The highest BCUT2D eigenvalue weighted by Crippen LogP contribution is 2.32. The van der Waals surface area contributed by atoms with Gasteiger partial charge in [0.2, 0.25) is 0 Å². The molecule has 0 aliphatic carbocycles. The van der Waals surface area contributed by atoms with Crippen molar-refractivity contribution < 1.29 is 27.1 Å². The first-order valence-corrected chi connectivity index (χ1v) is 9.50. The van der Waals surface area contributed by atoms with Crippen molar-refractivity contribution in [3.8, 4) is 17.1 Å².